The van der Waals surface area contributed by atoms with Gasteiger partial charge in [-0.3, -0.25) is 9.80 Å². The van der Waals surface area contributed by atoms with Crippen LogP contribution in [0.5, 0.6) is 5.75 Å². The van der Waals surface area contributed by atoms with Gasteiger partial charge in [-0.2, -0.15) is 0 Å². The largest absolute Gasteiger partial charge is 0.494 e. The molecule has 1 atom stereocenters. The quantitative estimate of drug-likeness (QED) is 0.798. The maximum Gasteiger partial charge on any atom is 0.119 e. The van der Waals surface area contributed by atoms with E-state index < -0.39 is 0 Å². The molecule has 1 N–H and O–H groups in total. The van der Waals surface area contributed by atoms with Gasteiger partial charge in [0.05, 0.1) is 6.61 Å². The third-order valence-electron chi connectivity index (χ3n) is 4.47. The van der Waals surface area contributed by atoms with Gasteiger partial charge in [0.2, 0.25) is 0 Å². The minimum atomic E-state index is 0.462. The molecule has 0 spiro atoms. The molecule has 1 fully saturated rings. The van der Waals surface area contributed by atoms with Crippen molar-refractivity contribution in [1.82, 2.24) is 15.1 Å². The van der Waals surface area contributed by atoms with Crippen LogP contribution in [0.4, 0.5) is 0 Å². The van der Waals surface area contributed by atoms with Crippen LogP contribution >= 0.6 is 0 Å². The Hall–Kier alpha value is -1.10. The SMILES string of the molecule is CCOc1ccc(C(CN2CCNCC2)N(CC)CC)cc1. The molecule has 124 valence electrons. The van der Waals surface area contributed by atoms with Crippen LogP contribution in [0.1, 0.15) is 32.4 Å². The summed E-state index contributed by atoms with van der Waals surface area (Å²) in [6.45, 7) is 15.0. The van der Waals surface area contributed by atoms with Crippen LogP contribution in [0.2, 0.25) is 0 Å². The average molecular weight is 305 g/mol. The van der Waals surface area contributed by atoms with E-state index in [1.807, 2.05) is 6.92 Å². The molecule has 22 heavy (non-hydrogen) atoms. The number of rotatable bonds is 8. The lowest BCUT2D eigenvalue weighted by molar-refractivity contribution is 0.138. The topological polar surface area (TPSA) is 27.7 Å². The van der Waals surface area contributed by atoms with Crippen LogP contribution in [0, 0.1) is 0 Å². The first-order chi connectivity index (χ1) is 10.8. The van der Waals surface area contributed by atoms with Crippen molar-refractivity contribution in [2.24, 2.45) is 0 Å². The van der Waals surface area contributed by atoms with E-state index in [2.05, 4.69) is 53.2 Å². The molecule has 1 unspecified atom stereocenters. The van der Waals surface area contributed by atoms with E-state index in [0.717, 1.165) is 58.2 Å². The Balaban J connectivity index is 2.11. The van der Waals surface area contributed by atoms with E-state index in [-0.39, 0.29) is 0 Å². The minimum Gasteiger partial charge on any atom is -0.494 e. The fourth-order valence-electron chi connectivity index (χ4n) is 3.19. The lowest BCUT2D eigenvalue weighted by atomic mass is 10.0. The molecule has 2 rings (SSSR count). The molecule has 0 saturated carbocycles. The number of benzene rings is 1. The molecular formula is C18H31N3O. The zero-order valence-electron chi connectivity index (χ0n) is 14.3. The first kappa shape index (κ1) is 17.3. The number of nitrogens with one attached hydrogen (secondary N) is 1. The maximum absolute atomic E-state index is 5.57. The highest BCUT2D eigenvalue weighted by molar-refractivity contribution is 5.29. The summed E-state index contributed by atoms with van der Waals surface area (Å²) in [7, 11) is 0. The Morgan fingerprint density at radius 1 is 1.09 bits per heavy atom. The molecule has 0 radical (unpaired) electrons. The molecule has 1 aliphatic rings. The lowest BCUT2D eigenvalue weighted by Gasteiger charge is -2.36. The van der Waals surface area contributed by atoms with Crippen LogP contribution < -0.4 is 10.1 Å². The van der Waals surface area contributed by atoms with Gasteiger partial charge in [0, 0.05) is 38.8 Å². The Labute approximate surface area is 135 Å². The van der Waals surface area contributed by atoms with Gasteiger partial charge in [-0.05, 0) is 37.7 Å². The molecule has 1 aromatic rings. The summed E-state index contributed by atoms with van der Waals surface area (Å²) >= 11 is 0. The fraction of sp³-hybridized carbons (Fsp3) is 0.667. The van der Waals surface area contributed by atoms with Crippen LogP contribution in [0.25, 0.3) is 0 Å². The second-order valence-electron chi connectivity index (χ2n) is 5.79. The van der Waals surface area contributed by atoms with Gasteiger partial charge in [-0.25, -0.2) is 0 Å². The Morgan fingerprint density at radius 2 is 1.73 bits per heavy atom. The van der Waals surface area contributed by atoms with E-state index in [4.69, 9.17) is 4.74 Å². The van der Waals surface area contributed by atoms with Gasteiger partial charge in [0.25, 0.3) is 0 Å². The van der Waals surface area contributed by atoms with Gasteiger partial charge in [-0.1, -0.05) is 26.0 Å². The van der Waals surface area contributed by atoms with Crippen LogP contribution in [-0.4, -0.2) is 62.2 Å². The van der Waals surface area contributed by atoms with Crippen molar-refractivity contribution in [3.8, 4) is 5.75 Å². The average Bonchev–Trinajstić information content (AvgIpc) is 2.57. The predicted octanol–water partition coefficient (Wildman–Crippen LogP) is 2.37. The third-order valence-corrected chi connectivity index (χ3v) is 4.47. The summed E-state index contributed by atoms with van der Waals surface area (Å²) in [4.78, 5) is 5.13. The van der Waals surface area contributed by atoms with E-state index in [1.54, 1.807) is 0 Å². The van der Waals surface area contributed by atoms with Crippen molar-refractivity contribution in [1.29, 1.82) is 0 Å². The molecule has 1 saturated heterocycles. The summed E-state index contributed by atoms with van der Waals surface area (Å²) in [6, 6.07) is 9.13. The van der Waals surface area contributed by atoms with Crippen molar-refractivity contribution in [2.75, 3.05) is 52.4 Å². The molecular weight excluding hydrogens is 274 g/mol. The lowest BCUT2D eigenvalue weighted by Crippen LogP contribution is -2.47. The van der Waals surface area contributed by atoms with Crippen molar-refractivity contribution < 1.29 is 4.74 Å². The van der Waals surface area contributed by atoms with Crippen LogP contribution in [0.3, 0.4) is 0 Å². The molecule has 1 heterocycles. The molecule has 4 heteroatoms. The molecule has 0 amide bonds. The normalized spacial score (nSPS) is 17.6. The number of nitrogens with zero attached hydrogens (tertiary/aromatic N) is 2. The number of likely N-dealkylation sites (N-methyl/N-ethyl adjacent to an activating group) is 1. The van der Waals surface area contributed by atoms with E-state index in [9.17, 15) is 0 Å². The highest BCUT2D eigenvalue weighted by Gasteiger charge is 2.22. The zero-order valence-corrected chi connectivity index (χ0v) is 14.3. The second-order valence-corrected chi connectivity index (χ2v) is 5.79. The summed E-state index contributed by atoms with van der Waals surface area (Å²) in [5.74, 6) is 0.965. The van der Waals surface area contributed by atoms with E-state index in [0.29, 0.717) is 6.04 Å². The number of hydrogen-bond donors (Lipinski definition) is 1. The molecule has 1 aliphatic heterocycles. The molecule has 4 nitrogen and oxygen atoms in total. The van der Waals surface area contributed by atoms with Crippen molar-refractivity contribution in [3.63, 3.8) is 0 Å². The smallest absolute Gasteiger partial charge is 0.119 e. The van der Waals surface area contributed by atoms with E-state index >= 15 is 0 Å². The van der Waals surface area contributed by atoms with Gasteiger partial charge < -0.3 is 10.1 Å². The van der Waals surface area contributed by atoms with Crippen LogP contribution in [-0.2, 0) is 0 Å². The zero-order chi connectivity index (χ0) is 15.8. The predicted molar refractivity (Wildman–Crippen MR) is 92.6 cm³/mol. The third kappa shape index (κ3) is 4.70. The first-order valence-electron chi connectivity index (χ1n) is 8.68. The number of ether oxygens (including phenoxy) is 1. The van der Waals surface area contributed by atoms with Gasteiger partial charge in [0.15, 0.2) is 0 Å². The summed E-state index contributed by atoms with van der Waals surface area (Å²) in [6.07, 6.45) is 0. The highest BCUT2D eigenvalue weighted by atomic mass is 16.5. The summed E-state index contributed by atoms with van der Waals surface area (Å²) in [5, 5.41) is 3.43. The summed E-state index contributed by atoms with van der Waals surface area (Å²) < 4.78 is 5.57. The Kier molecular flexibility index (Phi) is 7.16. The van der Waals surface area contributed by atoms with Crippen molar-refractivity contribution >= 4 is 0 Å². The summed E-state index contributed by atoms with van der Waals surface area (Å²) in [5.41, 5.74) is 1.39. The number of hydrogen-bond acceptors (Lipinski definition) is 4. The minimum absolute atomic E-state index is 0.462. The standard InChI is InChI=1S/C18H31N3O/c1-4-21(5-2)18(15-20-13-11-19-12-14-20)16-7-9-17(10-8-16)22-6-3/h7-10,18-19H,4-6,11-15H2,1-3H3. The highest BCUT2D eigenvalue weighted by Crippen LogP contribution is 2.24. The van der Waals surface area contributed by atoms with Gasteiger partial charge in [-0.15, -0.1) is 0 Å². The Bertz CT molecular complexity index is 411. The van der Waals surface area contributed by atoms with Gasteiger partial charge in [0.1, 0.15) is 5.75 Å². The molecule has 1 aromatic carbocycles. The fourth-order valence-corrected chi connectivity index (χ4v) is 3.19. The van der Waals surface area contributed by atoms with Gasteiger partial charge >= 0.3 is 0 Å². The molecule has 0 bridgehead atoms. The van der Waals surface area contributed by atoms with E-state index in [1.165, 1.54) is 5.56 Å². The number of piperazine rings is 1. The maximum atomic E-state index is 5.57. The molecule has 0 aromatic heterocycles. The second kappa shape index (κ2) is 9.13. The van der Waals surface area contributed by atoms with Crippen molar-refractivity contribution in [2.45, 2.75) is 26.8 Å². The Morgan fingerprint density at radius 3 is 2.27 bits per heavy atom. The monoisotopic (exact) mass is 305 g/mol. The van der Waals surface area contributed by atoms with Crippen molar-refractivity contribution in [3.05, 3.63) is 29.8 Å². The first-order valence-corrected chi connectivity index (χ1v) is 8.68. The molecule has 0 aliphatic carbocycles. The van der Waals surface area contributed by atoms with Crippen LogP contribution in [0.15, 0.2) is 24.3 Å².